The van der Waals surface area contributed by atoms with Crippen LogP contribution in [0.2, 0.25) is 0 Å². The van der Waals surface area contributed by atoms with Crippen LogP contribution in [-0.4, -0.2) is 73.4 Å². The Balaban J connectivity index is 4.37. The lowest BCUT2D eigenvalue weighted by Crippen LogP contribution is -2.46. The van der Waals surface area contributed by atoms with Crippen molar-refractivity contribution in [3.8, 4) is 0 Å². The van der Waals surface area contributed by atoms with E-state index in [1.165, 1.54) is 51.4 Å². The van der Waals surface area contributed by atoms with E-state index in [0.717, 1.165) is 83.5 Å². The Labute approximate surface area is 369 Å². The number of unbranched alkanes of at least 4 members (excludes halogenated alkanes) is 12. The van der Waals surface area contributed by atoms with Crippen molar-refractivity contribution in [3.05, 3.63) is 97.2 Å². The summed E-state index contributed by atoms with van der Waals surface area (Å²) in [5, 5.41) is 13.9. The third kappa shape index (κ3) is 43.5. The maximum Gasteiger partial charge on any atom is 0.472 e. The fourth-order valence-corrected chi connectivity index (χ4v) is 6.85. The molecule has 60 heavy (non-hydrogen) atoms. The molecule has 0 radical (unpaired) electrons. The number of likely N-dealkylation sites (N-methyl/N-ethyl adjacent to an activating group) is 1. The summed E-state index contributed by atoms with van der Waals surface area (Å²) in [6, 6.07) is -0.789. The predicted molar refractivity (Wildman–Crippen MR) is 258 cm³/mol. The molecule has 9 heteroatoms. The third-order valence-corrected chi connectivity index (χ3v) is 10.8. The quantitative estimate of drug-likeness (QED) is 0.0245. The number of carbonyl (C=O) groups is 1. The van der Waals surface area contributed by atoms with Gasteiger partial charge in [-0.15, -0.1) is 0 Å². The smallest absolute Gasteiger partial charge is 0.391 e. The normalized spacial score (nSPS) is 15.1. The van der Waals surface area contributed by atoms with Crippen molar-refractivity contribution in [3.63, 3.8) is 0 Å². The Hall–Kier alpha value is -2.58. The minimum atomic E-state index is -4.33. The minimum absolute atomic E-state index is 0.0602. The van der Waals surface area contributed by atoms with Crippen molar-refractivity contribution in [1.29, 1.82) is 0 Å². The standard InChI is InChI=1S/C51H89N2O6P/c1-6-8-10-12-14-16-18-19-20-21-22-23-24-25-26-27-28-29-30-31-32-33-35-37-39-41-43-45-51(55)52-49(48-59-60(56,57)58-47-46-53(3,4)5)50(54)44-42-40-38-36-34-17-15-13-11-9-7-2/h8,10,14,16,19-20,22-23,25-26,28-29,31-32,35,37,49-50,54H,6-7,9,11-13,15,17-18,21,24,27,30,33-34,36,38-48H2,1-5H3,(H-,52,55,56,57)/p+1/b10-8-,16-14-,20-19-,23-22-,26-25-,29-28-,32-31-,37-35-. The molecule has 0 aromatic carbocycles. The molecule has 0 spiro atoms. The van der Waals surface area contributed by atoms with Gasteiger partial charge >= 0.3 is 7.82 Å². The van der Waals surface area contributed by atoms with E-state index in [1.807, 2.05) is 21.1 Å². The zero-order valence-corrected chi connectivity index (χ0v) is 39.8. The Bertz CT molecular complexity index is 1290. The second-order valence-corrected chi connectivity index (χ2v) is 18.2. The minimum Gasteiger partial charge on any atom is -0.391 e. The van der Waals surface area contributed by atoms with Gasteiger partial charge in [-0.25, -0.2) is 4.57 Å². The lowest BCUT2D eigenvalue weighted by molar-refractivity contribution is -0.870. The summed E-state index contributed by atoms with van der Waals surface area (Å²) < 4.78 is 23.6. The number of quaternary nitrogens is 1. The van der Waals surface area contributed by atoms with E-state index in [9.17, 15) is 19.4 Å². The van der Waals surface area contributed by atoms with Crippen LogP contribution < -0.4 is 5.32 Å². The molecule has 3 unspecified atom stereocenters. The highest BCUT2D eigenvalue weighted by atomic mass is 31.2. The summed E-state index contributed by atoms with van der Waals surface area (Å²) >= 11 is 0. The largest absolute Gasteiger partial charge is 0.472 e. The molecule has 1 amide bonds. The zero-order valence-electron chi connectivity index (χ0n) is 38.9. The van der Waals surface area contributed by atoms with Crippen LogP contribution in [0, 0.1) is 0 Å². The van der Waals surface area contributed by atoms with Gasteiger partial charge in [0.05, 0.1) is 39.9 Å². The van der Waals surface area contributed by atoms with Gasteiger partial charge < -0.3 is 19.8 Å². The van der Waals surface area contributed by atoms with Gasteiger partial charge in [-0.2, -0.15) is 0 Å². The van der Waals surface area contributed by atoms with Crippen LogP contribution in [0.15, 0.2) is 97.2 Å². The molecule has 0 fully saturated rings. The van der Waals surface area contributed by atoms with E-state index in [0.29, 0.717) is 30.3 Å². The molecule has 0 aromatic rings. The first-order chi connectivity index (χ1) is 29.0. The molecule has 0 saturated carbocycles. The summed E-state index contributed by atoms with van der Waals surface area (Å²) in [6.45, 7) is 4.70. The Kier molecular flexibility index (Phi) is 40.0. The highest BCUT2D eigenvalue weighted by molar-refractivity contribution is 7.47. The average molecular weight is 858 g/mol. The number of phosphoric ester groups is 1. The molecule has 0 rings (SSSR count). The summed E-state index contributed by atoms with van der Waals surface area (Å²) in [6.07, 6.45) is 58.7. The fraction of sp³-hybridized carbons (Fsp3) is 0.667. The molecule has 0 aliphatic rings. The first kappa shape index (κ1) is 57.4. The van der Waals surface area contributed by atoms with Crippen LogP contribution in [0.5, 0.6) is 0 Å². The molecule has 3 N–H and O–H groups in total. The van der Waals surface area contributed by atoms with Crippen LogP contribution in [-0.2, 0) is 18.4 Å². The number of phosphoric acid groups is 1. The maximum absolute atomic E-state index is 12.9. The van der Waals surface area contributed by atoms with Crippen molar-refractivity contribution in [2.75, 3.05) is 40.9 Å². The Morgan fingerprint density at radius 1 is 0.583 bits per heavy atom. The molecule has 0 aromatic heterocycles. The van der Waals surface area contributed by atoms with Gasteiger partial charge in [0, 0.05) is 6.42 Å². The molecule has 344 valence electrons. The molecule has 3 atom stereocenters. The summed E-state index contributed by atoms with van der Waals surface area (Å²) in [4.78, 5) is 23.1. The van der Waals surface area contributed by atoms with Crippen LogP contribution in [0.1, 0.15) is 168 Å². The van der Waals surface area contributed by atoms with Gasteiger partial charge in [0.25, 0.3) is 0 Å². The molecular weight excluding hydrogens is 768 g/mol. The van der Waals surface area contributed by atoms with Gasteiger partial charge in [0.2, 0.25) is 5.91 Å². The average Bonchev–Trinajstić information content (AvgIpc) is 3.20. The fourth-order valence-electron chi connectivity index (χ4n) is 6.12. The number of hydrogen-bond donors (Lipinski definition) is 3. The van der Waals surface area contributed by atoms with Crippen LogP contribution in [0.4, 0.5) is 0 Å². The van der Waals surface area contributed by atoms with Crippen LogP contribution in [0.3, 0.4) is 0 Å². The number of rotatable bonds is 41. The lowest BCUT2D eigenvalue weighted by Gasteiger charge is -2.26. The van der Waals surface area contributed by atoms with Gasteiger partial charge in [0.1, 0.15) is 13.2 Å². The molecule has 0 aliphatic heterocycles. The number of aliphatic hydroxyl groups excluding tert-OH is 1. The molecule has 0 heterocycles. The molecule has 8 nitrogen and oxygen atoms in total. The van der Waals surface area contributed by atoms with E-state index in [-0.39, 0.29) is 19.1 Å². The number of nitrogens with one attached hydrogen (secondary N) is 1. The van der Waals surface area contributed by atoms with Gasteiger partial charge in [0.15, 0.2) is 0 Å². The zero-order chi connectivity index (χ0) is 44.3. The maximum atomic E-state index is 12.9. The van der Waals surface area contributed by atoms with Crippen molar-refractivity contribution in [2.45, 2.75) is 180 Å². The SMILES string of the molecule is CC/C=C\C/C=C\C/C=C\C/C=C\C/C=C\C/C=C\C/C=C\C/C=C\CCCCC(=O)NC(COP(=O)(O)OCC[N+](C)(C)C)C(O)CCCCCCCCCCCCC. The number of hydrogen-bond acceptors (Lipinski definition) is 5. The van der Waals surface area contributed by atoms with Crippen molar-refractivity contribution >= 4 is 13.7 Å². The van der Waals surface area contributed by atoms with Crippen LogP contribution >= 0.6 is 7.82 Å². The summed E-state index contributed by atoms with van der Waals surface area (Å²) in [5.74, 6) is -0.193. The van der Waals surface area contributed by atoms with Crippen molar-refractivity contribution in [1.82, 2.24) is 5.32 Å². The summed E-state index contributed by atoms with van der Waals surface area (Å²) in [5.41, 5.74) is 0. The lowest BCUT2D eigenvalue weighted by atomic mass is 10.0. The van der Waals surface area contributed by atoms with Crippen molar-refractivity contribution in [2.24, 2.45) is 0 Å². The molecule has 0 bridgehead atoms. The monoisotopic (exact) mass is 858 g/mol. The highest BCUT2D eigenvalue weighted by Gasteiger charge is 2.28. The highest BCUT2D eigenvalue weighted by Crippen LogP contribution is 2.43. The molecule has 0 saturated heterocycles. The molecule has 0 aliphatic carbocycles. The Morgan fingerprint density at radius 2 is 1.00 bits per heavy atom. The van der Waals surface area contributed by atoms with E-state index in [2.05, 4.69) is 116 Å². The first-order valence-electron chi connectivity index (χ1n) is 23.6. The van der Waals surface area contributed by atoms with E-state index in [4.69, 9.17) is 9.05 Å². The topological polar surface area (TPSA) is 105 Å². The van der Waals surface area contributed by atoms with E-state index in [1.54, 1.807) is 0 Å². The predicted octanol–water partition coefficient (Wildman–Crippen LogP) is 13.5. The number of nitrogens with zero attached hydrogens (tertiary/aromatic N) is 1. The van der Waals surface area contributed by atoms with Crippen molar-refractivity contribution < 1.29 is 32.9 Å². The van der Waals surface area contributed by atoms with Gasteiger partial charge in [-0.05, 0) is 77.0 Å². The Morgan fingerprint density at radius 3 is 1.43 bits per heavy atom. The first-order valence-corrected chi connectivity index (χ1v) is 25.1. The number of allylic oxidation sites excluding steroid dienone is 16. The third-order valence-electron chi connectivity index (χ3n) is 9.85. The number of carbonyl (C=O) groups excluding carboxylic acids is 1. The number of aliphatic hydroxyl groups is 1. The van der Waals surface area contributed by atoms with Gasteiger partial charge in [-0.3, -0.25) is 13.8 Å². The molecular formula is C51H90N2O6P+. The second kappa shape index (κ2) is 41.8. The number of amides is 1. The van der Waals surface area contributed by atoms with Gasteiger partial charge in [-0.1, -0.05) is 182 Å². The summed E-state index contributed by atoms with van der Waals surface area (Å²) in [7, 11) is 1.57. The second-order valence-electron chi connectivity index (χ2n) is 16.8. The van der Waals surface area contributed by atoms with E-state index < -0.39 is 20.0 Å². The van der Waals surface area contributed by atoms with E-state index >= 15 is 0 Å². The van der Waals surface area contributed by atoms with Crippen LogP contribution in [0.25, 0.3) is 0 Å².